The Morgan fingerprint density at radius 2 is 2.00 bits per heavy atom. The Balaban J connectivity index is 3.06. The minimum absolute atomic E-state index is 0.213. The van der Waals surface area contributed by atoms with Crippen molar-refractivity contribution < 1.29 is 8.95 Å². The van der Waals surface area contributed by atoms with Gasteiger partial charge in [-0.05, 0) is 52.4 Å². The van der Waals surface area contributed by atoms with Crippen LogP contribution in [0.4, 0.5) is 0 Å². The van der Waals surface area contributed by atoms with Gasteiger partial charge in [-0.2, -0.15) is 0 Å². The number of methoxy groups -OCH3 is 1. The highest BCUT2D eigenvalue weighted by Gasteiger charge is 2.21. The average Bonchev–Trinajstić information content (AvgIpc) is 2.36. The van der Waals surface area contributed by atoms with Gasteiger partial charge < -0.3 is 10.1 Å². The Bertz CT molecular complexity index is 452. The van der Waals surface area contributed by atoms with Crippen molar-refractivity contribution in [2.45, 2.75) is 44.2 Å². The van der Waals surface area contributed by atoms with Crippen LogP contribution in [0.5, 0.6) is 5.75 Å². The van der Waals surface area contributed by atoms with Gasteiger partial charge >= 0.3 is 0 Å². The molecule has 0 heterocycles. The fourth-order valence-electron chi connectivity index (χ4n) is 1.71. The molecule has 19 heavy (non-hydrogen) atoms. The summed E-state index contributed by atoms with van der Waals surface area (Å²) in [5, 5.41) is 3.21. The number of hydrogen-bond acceptors (Lipinski definition) is 3. The molecule has 108 valence electrons. The van der Waals surface area contributed by atoms with Crippen LogP contribution in [0.2, 0.25) is 0 Å². The molecule has 0 aromatic heterocycles. The fraction of sp³-hybridized carbons (Fsp3) is 0.600. The van der Waals surface area contributed by atoms with E-state index in [4.69, 9.17) is 4.74 Å². The molecule has 2 atom stereocenters. The highest BCUT2D eigenvalue weighted by Crippen LogP contribution is 2.26. The number of ether oxygens (including phenoxy) is 1. The zero-order valence-corrected chi connectivity index (χ0v) is 13.6. The van der Waals surface area contributed by atoms with E-state index in [2.05, 4.69) is 18.3 Å². The van der Waals surface area contributed by atoms with Crippen molar-refractivity contribution in [1.82, 2.24) is 5.32 Å². The van der Waals surface area contributed by atoms with E-state index in [1.165, 1.54) is 5.56 Å². The van der Waals surface area contributed by atoms with Crippen molar-refractivity contribution in [2.75, 3.05) is 14.2 Å². The normalized spacial score (nSPS) is 15.1. The average molecular weight is 283 g/mol. The number of rotatable bonds is 5. The molecule has 0 amide bonds. The molecule has 0 saturated heterocycles. The van der Waals surface area contributed by atoms with Crippen molar-refractivity contribution in [3.05, 3.63) is 29.3 Å². The summed E-state index contributed by atoms with van der Waals surface area (Å²) in [6.45, 7) is 8.09. The molecule has 3 nitrogen and oxygen atoms in total. The van der Waals surface area contributed by atoms with Crippen molar-refractivity contribution >= 4 is 10.8 Å². The predicted molar refractivity (Wildman–Crippen MR) is 82.1 cm³/mol. The summed E-state index contributed by atoms with van der Waals surface area (Å²) in [6, 6.07) is 6.36. The lowest BCUT2D eigenvalue weighted by molar-refractivity contribution is 0.410. The van der Waals surface area contributed by atoms with Crippen LogP contribution in [0.15, 0.2) is 18.2 Å². The largest absolute Gasteiger partial charge is 0.496 e. The Kier molecular flexibility index (Phi) is 5.56. The van der Waals surface area contributed by atoms with E-state index in [1.807, 2.05) is 40.0 Å². The van der Waals surface area contributed by atoms with Gasteiger partial charge in [0.1, 0.15) is 5.75 Å². The third-order valence-electron chi connectivity index (χ3n) is 3.21. The topological polar surface area (TPSA) is 38.3 Å². The summed E-state index contributed by atoms with van der Waals surface area (Å²) >= 11 is 0. The smallest absolute Gasteiger partial charge is 0.123 e. The molecule has 1 aromatic carbocycles. The minimum Gasteiger partial charge on any atom is -0.496 e. The molecule has 0 aliphatic heterocycles. The van der Waals surface area contributed by atoms with Crippen molar-refractivity contribution in [1.29, 1.82) is 0 Å². The molecule has 1 rings (SSSR count). The van der Waals surface area contributed by atoms with Crippen LogP contribution in [0.3, 0.4) is 0 Å². The molecule has 2 unspecified atom stereocenters. The Hall–Kier alpha value is -0.870. The first kappa shape index (κ1) is 16.2. The lowest BCUT2D eigenvalue weighted by Gasteiger charge is -2.20. The quantitative estimate of drug-likeness (QED) is 0.902. The summed E-state index contributed by atoms with van der Waals surface area (Å²) in [7, 11) is 2.66. The van der Waals surface area contributed by atoms with Gasteiger partial charge in [0.15, 0.2) is 0 Å². The fourth-order valence-corrected chi connectivity index (χ4v) is 2.65. The second-order valence-corrected chi connectivity index (χ2v) is 7.89. The van der Waals surface area contributed by atoms with Gasteiger partial charge in [-0.15, -0.1) is 0 Å². The highest BCUT2D eigenvalue weighted by atomic mass is 32.2. The van der Waals surface area contributed by atoms with E-state index in [0.29, 0.717) is 5.75 Å². The molecular weight excluding hydrogens is 258 g/mol. The lowest BCUT2D eigenvalue weighted by atomic mass is 10.1. The first-order valence-corrected chi connectivity index (χ1v) is 7.84. The second-order valence-electron chi connectivity index (χ2n) is 5.68. The van der Waals surface area contributed by atoms with Crippen LogP contribution in [-0.4, -0.2) is 23.1 Å². The van der Waals surface area contributed by atoms with Crippen LogP contribution in [0.25, 0.3) is 0 Å². The molecule has 0 aliphatic rings. The third-order valence-corrected chi connectivity index (χ3v) is 5.15. The maximum absolute atomic E-state index is 12.3. The molecule has 1 N–H and O–H groups in total. The lowest BCUT2D eigenvalue weighted by Crippen LogP contribution is -2.23. The summed E-state index contributed by atoms with van der Waals surface area (Å²) in [6.07, 6.45) is 0. The van der Waals surface area contributed by atoms with Gasteiger partial charge in [0.05, 0.1) is 12.9 Å². The van der Waals surface area contributed by atoms with E-state index in [-0.39, 0.29) is 10.8 Å². The minimum atomic E-state index is -0.924. The third kappa shape index (κ3) is 4.32. The first-order chi connectivity index (χ1) is 8.79. The molecule has 0 radical (unpaired) electrons. The van der Waals surface area contributed by atoms with Gasteiger partial charge in [-0.1, -0.05) is 6.07 Å². The van der Waals surface area contributed by atoms with Crippen molar-refractivity contribution in [2.24, 2.45) is 0 Å². The summed E-state index contributed by atoms with van der Waals surface area (Å²) in [4.78, 5) is 0. The zero-order valence-electron chi connectivity index (χ0n) is 12.7. The van der Waals surface area contributed by atoms with E-state index in [9.17, 15) is 4.21 Å². The first-order valence-electron chi connectivity index (χ1n) is 6.52. The number of benzene rings is 1. The molecule has 0 aliphatic carbocycles. The molecule has 0 bridgehead atoms. The summed E-state index contributed by atoms with van der Waals surface area (Å²) in [5.74, 6) is 1.33. The van der Waals surface area contributed by atoms with Crippen molar-refractivity contribution in [3.63, 3.8) is 0 Å². The molecule has 4 heteroatoms. The molecule has 0 saturated carbocycles. The maximum Gasteiger partial charge on any atom is 0.123 e. The van der Waals surface area contributed by atoms with Gasteiger partial charge in [-0.25, -0.2) is 0 Å². The maximum atomic E-state index is 12.3. The van der Waals surface area contributed by atoms with Gasteiger partial charge in [-0.3, -0.25) is 4.21 Å². The van der Waals surface area contributed by atoms with E-state index in [1.54, 1.807) is 7.11 Å². The Labute approximate surface area is 119 Å². The van der Waals surface area contributed by atoms with Crippen molar-refractivity contribution in [3.8, 4) is 5.75 Å². The zero-order chi connectivity index (χ0) is 14.6. The SMILES string of the molecule is CNC(C)c1ccc(OC)c(CS(=O)C(C)(C)C)c1. The Morgan fingerprint density at radius 1 is 1.37 bits per heavy atom. The second kappa shape index (κ2) is 6.53. The van der Waals surface area contributed by atoms with Gasteiger partial charge in [0.2, 0.25) is 0 Å². The van der Waals surface area contributed by atoms with Crippen LogP contribution < -0.4 is 10.1 Å². The van der Waals surface area contributed by atoms with Crippen LogP contribution in [0, 0.1) is 0 Å². The molecule has 1 aromatic rings. The summed E-state index contributed by atoms with van der Waals surface area (Å²) < 4.78 is 17.5. The monoisotopic (exact) mass is 283 g/mol. The van der Waals surface area contributed by atoms with Crippen LogP contribution >= 0.6 is 0 Å². The van der Waals surface area contributed by atoms with Crippen LogP contribution in [-0.2, 0) is 16.6 Å². The number of hydrogen-bond donors (Lipinski definition) is 1. The van der Waals surface area contributed by atoms with E-state index >= 15 is 0 Å². The van der Waals surface area contributed by atoms with Gasteiger partial charge in [0, 0.05) is 27.2 Å². The highest BCUT2D eigenvalue weighted by molar-refractivity contribution is 7.85. The standard InChI is InChI=1S/C15H25NO2S/c1-11(16-5)12-7-8-14(18-6)13(9-12)10-19(17)15(2,3)4/h7-9,11,16H,10H2,1-6H3. The van der Waals surface area contributed by atoms with Crippen LogP contribution in [0.1, 0.15) is 44.9 Å². The van der Waals surface area contributed by atoms with E-state index < -0.39 is 10.8 Å². The van der Waals surface area contributed by atoms with Gasteiger partial charge in [0.25, 0.3) is 0 Å². The number of nitrogens with one attached hydrogen (secondary N) is 1. The van der Waals surface area contributed by atoms with E-state index in [0.717, 1.165) is 11.3 Å². The predicted octanol–water partition coefficient (Wildman–Crippen LogP) is 3.02. The molecule has 0 fully saturated rings. The summed E-state index contributed by atoms with van der Waals surface area (Å²) in [5.41, 5.74) is 2.19. The molecular formula is C15H25NO2S. The molecule has 0 spiro atoms. The Morgan fingerprint density at radius 3 is 2.47 bits per heavy atom.